The van der Waals surface area contributed by atoms with Gasteiger partial charge in [-0.05, 0) is 32.7 Å². The zero-order chi connectivity index (χ0) is 10.9. The van der Waals surface area contributed by atoms with Crippen LogP contribution in [0.4, 0.5) is 0 Å². The third-order valence-electron chi connectivity index (χ3n) is 4.18. The molecule has 2 aliphatic rings. The Morgan fingerprint density at radius 3 is 2.47 bits per heavy atom. The fourth-order valence-corrected chi connectivity index (χ4v) is 3.29. The zero-order valence-corrected chi connectivity index (χ0v) is 9.78. The van der Waals surface area contributed by atoms with Gasteiger partial charge in [0.1, 0.15) is 0 Å². The first-order chi connectivity index (χ1) is 7.11. The Morgan fingerprint density at radius 2 is 1.93 bits per heavy atom. The SMILES string of the molecule is CN(CC1(O)CCCC1)C1CCCC1N. The van der Waals surface area contributed by atoms with Crippen molar-refractivity contribution in [3.8, 4) is 0 Å². The number of rotatable bonds is 3. The van der Waals surface area contributed by atoms with E-state index in [-0.39, 0.29) is 0 Å². The molecule has 0 amide bonds. The highest BCUT2D eigenvalue weighted by Crippen LogP contribution is 2.32. The third-order valence-corrected chi connectivity index (χ3v) is 4.18. The predicted octanol–water partition coefficient (Wildman–Crippen LogP) is 1.10. The molecule has 2 atom stereocenters. The summed E-state index contributed by atoms with van der Waals surface area (Å²) >= 11 is 0. The third kappa shape index (κ3) is 2.52. The van der Waals surface area contributed by atoms with Crippen LogP contribution in [0.25, 0.3) is 0 Å². The Bertz CT molecular complexity index is 214. The van der Waals surface area contributed by atoms with Gasteiger partial charge in [0.2, 0.25) is 0 Å². The molecule has 0 radical (unpaired) electrons. The molecule has 15 heavy (non-hydrogen) atoms. The van der Waals surface area contributed by atoms with Crippen LogP contribution in [0.15, 0.2) is 0 Å². The van der Waals surface area contributed by atoms with Crippen LogP contribution in [0.5, 0.6) is 0 Å². The lowest BCUT2D eigenvalue weighted by Crippen LogP contribution is -2.48. The summed E-state index contributed by atoms with van der Waals surface area (Å²) < 4.78 is 0. The molecule has 3 heteroatoms. The highest BCUT2D eigenvalue weighted by Gasteiger charge is 2.36. The molecule has 3 N–H and O–H groups in total. The van der Waals surface area contributed by atoms with E-state index in [4.69, 9.17) is 5.73 Å². The van der Waals surface area contributed by atoms with E-state index in [1.165, 1.54) is 25.7 Å². The molecule has 2 rings (SSSR count). The van der Waals surface area contributed by atoms with Crippen molar-refractivity contribution in [1.29, 1.82) is 0 Å². The molecule has 0 aromatic carbocycles. The summed E-state index contributed by atoms with van der Waals surface area (Å²) in [6.45, 7) is 0.811. The first kappa shape index (κ1) is 11.4. The van der Waals surface area contributed by atoms with E-state index < -0.39 is 5.60 Å². The smallest absolute Gasteiger partial charge is 0.0774 e. The van der Waals surface area contributed by atoms with Crippen LogP contribution < -0.4 is 5.73 Å². The second-order valence-electron chi connectivity index (χ2n) is 5.51. The summed E-state index contributed by atoms with van der Waals surface area (Å²) in [6.07, 6.45) is 7.90. The first-order valence-corrected chi connectivity index (χ1v) is 6.29. The summed E-state index contributed by atoms with van der Waals surface area (Å²) in [5.41, 5.74) is 5.65. The highest BCUT2D eigenvalue weighted by molar-refractivity contribution is 4.92. The number of hydrogen-bond acceptors (Lipinski definition) is 3. The van der Waals surface area contributed by atoms with E-state index in [0.717, 1.165) is 25.8 Å². The summed E-state index contributed by atoms with van der Waals surface area (Å²) in [6, 6.07) is 0.814. The lowest BCUT2D eigenvalue weighted by Gasteiger charge is -2.34. The standard InChI is InChI=1S/C12H24N2O/c1-14(11-6-4-5-10(11)13)9-12(15)7-2-3-8-12/h10-11,15H,2-9,13H2,1H3. The molecule has 0 aromatic rings. The number of nitrogens with zero attached hydrogens (tertiary/aromatic N) is 1. The number of nitrogens with two attached hydrogens (primary N) is 1. The minimum atomic E-state index is -0.420. The minimum absolute atomic E-state index is 0.319. The highest BCUT2D eigenvalue weighted by atomic mass is 16.3. The van der Waals surface area contributed by atoms with Crippen molar-refractivity contribution in [3.63, 3.8) is 0 Å². The van der Waals surface area contributed by atoms with Crippen LogP contribution in [0, 0.1) is 0 Å². The van der Waals surface area contributed by atoms with Gasteiger partial charge < -0.3 is 10.8 Å². The molecule has 2 saturated carbocycles. The Hall–Kier alpha value is -0.120. The minimum Gasteiger partial charge on any atom is -0.389 e. The number of hydrogen-bond donors (Lipinski definition) is 2. The monoisotopic (exact) mass is 212 g/mol. The molecule has 2 fully saturated rings. The molecule has 2 unspecified atom stereocenters. The van der Waals surface area contributed by atoms with Gasteiger partial charge in [0.15, 0.2) is 0 Å². The maximum Gasteiger partial charge on any atom is 0.0774 e. The van der Waals surface area contributed by atoms with Crippen LogP contribution >= 0.6 is 0 Å². The predicted molar refractivity (Wildman–Crippen MR) is 61.7 cm³/mol. The Labute approximate surface area is 92.6 Å². The van der Waals surface area contributed by atoms with Crippen molar-refractivity contribution in [2.45, 2.75) is 62.6 Å². The Morgan fingerprint density at radius 1 is 1.27 bits per heavy atom. The molecular weight excluding hydrogens is 188 g/mol. The van der Waals surface area contributed by atoms with Gasteiger partial charge in [-0.2, -0.15) is 0 Å². The second kappa shape index (κ2) is 4.40. The summed E-state index contributed by atoms with van der Waals surface area (Å²) in [4.78, 5) is 2.29. The topological polar surface area (TPSA) is 49.5 Å². The van der Waals surface area contributed by atoms with E-state index in [1.807, 2.05) is 0 Å². The average Bonchev–Trinajstić information content (AvgIpc) is 2.74. The van der Waals surface area contributed by atoms with E-state index in [9.17, 15) is 5.11 Å². The van der Waals surface area contributed by atoms with Gasteiger partial charge in [-0.15, -0.1) is 0 Å². The lowest BCUT2D eigenvalue weighted by atomic mass is 10.0. The van der Waals surface area contributed by atoms with E-state index >= 15 is 0 Å². The second-order valence-corrected chi connectivity index (χ2v) is 5.51. The quantitative estimate of drug-likeness (QED) is 0.736. The maximum absolute atomic E-state index is 10.3. The summed E-state index contributed by atoms with van der Waals surface area (Å²) in [5, 5.41) is 10.3. The van der Waals surface area contributed by atoms with Gasteiger partial charge in [-0.1, -0.05) is 19.3 Å². The molecule has 0 heterocycles. The fourth-order valence-electron chi connectivity index (χ4n) is 3.29. The molecule has 3 nitrogen and oxygen atoms in total. The van der Waals surface area contributed by atoms with E-state index in [1.54, 1.807) is 0 Å². The summed E-state index contributed by atoms with van der Waals surface area (Å²) in [5.74, 6) is 0. The van der Waals surface area contributed by atoms with Gasteiger partial charge >= 0.3 is 0 Å². The number of aliphatic hydroxyl groups is 1. The van der Waals surface area contributed by atoms with Gasteiger partial charge in [0.25, 0.3) is 0 Å². The molecule has 0 bridgehead atoms. The van der Waals surface area contributed by atoms with Gasteiger partial charge in [-0.25, -0.2) is 0 Å². The molecule has 0 spiro atoms. The lowest BCUT2D eigenvalue weighted by molar-refractivity contribution is 0.00440. The molecule has 2 aliphatic carbocycles. The van der Waals surface area contributed by atoms with Crippen molar-refractivity contribution in [2.75, 3.05) is 13.6 Å². The van der Waals surface area contributed by atoms with Crippen LogP contribution in [-0.2, 0) is 0 Å². The molecule has 88 valence electrons. The maximum atomic E-state index is 10.3. The van der Waals surface area contributed by atoms with Gasteiger partial charge in [0, 0.05) is 18.6 Å². The Balaban J connectivity index is 1.88. The molecular formula is C12H24N2O. The molecule has 0 aromatic heterocycles. The van der Waals surface area contributed by atoms with Gasteiger partial charge in [-0.3, -0.25) is 4.90 Å². The Kier molecular flexibility index (Phi) is 3.33. The largest absolute Gasteiger partial charge is 0.389 e. The normalized spacial score (nSPS) is 35.2. The van der Waals surface area contributed by atoms with E-state index in [2.05, 4.69) is 11.9 Å². The molecule has 0 saturated heterocycles. The van der Waals surface area contributed by atoms with Crippen molar-refractivity contribution < 1.29 is 5.11 Å². The molecule has 0 aliphatic heterocycles. The van der Waals surface area contributed by atoms with Crippen molar-refractivity contribution in [3.05, 3.63) is 0 Å². The van der Waals surface area contributed by atoms with Crippen molar-refractivity contribution >= 4 is 0 Å². The fraction of sp³-hybridized carbons (Fsp3) is 1.00. The average molecular weight is 212 g/mol. The van der Waals surface area contributed by atoms with Crippen LogP contribution in [0.2, 0.25) is 0 Å². The van der Waals surface area contributed by atoms with Crippen LogP contribution in [0.1, 0.15) is 44.9 Å². The number of likely N-dealkylation sites (N-methyl/N-ethyl adjacent to an activating group) is 1. The van der Waals surface area contributed by atoms with Crippen LogP contribution in [-0.4, -0.2) is 41.3 Å². The first-order valence-electron chi connectivity index (χ1n) is 6.29. The van der Waals surface area contributed by atoms with Crippen molar-refractivity contribution in [1.82, 2.24) is 4.90 Å². The zero-order valence-electron chi connectivity index (χ0n) is 9.78. The van der Waals surface area contributed by atoms with Crippen LogP contribution in [0.3, 0.4) is 0 Å². The van der Waals surface area contributed by atoms with Crippen molar-refractivity contribution in [2.24, 2.45) is 5.73 Å². The summed E-state index contributed by atoms with van der Waals surface area (Å²) in [7, 11) is 2.12. The van der Waals surface area contributed by atoms with Gasteiger partial charge in [0.05, 0.1) is 5.60 Å². The van der Waals surface area contributed by atoms with E-state index in [0.29, 0.717) is 12.1 Å².